The van der Waals surface area contributed by atoms with Crippen molar-refractivity contribution in [3.8, 4) is 0 Å². The van der Waals surface area contributed by atoms with Gasteiger partial charge in [-0.1, -0.05) is 12.1 Å². The molecule has 2 rings (SSSR count). The lowest BCUT2D eigenvalue weighted by Crippen LogP contribution is -2.46. The number of thioether (sulfide) groups is 1. The van der Waals surface area contributed by atoms with Crippen LogP contribution in [0.25, 0.3) is 0 Å². The quantitative estimate of drug-likeness (QED) is 0.789. The van der Waals surface area contributed by atoms with E-state index in [9.17, 15) is 4.79 Å². The highest BCUT2D eigenvalue weighted by atomic mass is 32.2. The van der Waals surface area contributed by atoms with Gasteiger partial charge >= 0.3 is 0 Å². The second-order valence-electron chi connectivity index (χ2n) is 3.74. The van der Waals surface area contributed by atoms with E-state index in [1.807, 2.05) is 35.4 Å². The molecule has 1 aliphatic rings. The largest absolute Gasteiger partial charge is 0.336 e. The van der Waals surface area contributed by atoms with Crippen molar-refractivity contribution in [2.45, 2.75) is 4.90 Å². The first-order chi connectivity index (χ1) is 7.83. The van der Waals surface area contributed by atoms with Crippen LogP contribution in [0.4, 0.5) is 0 Å². The number of hydrogen-bond donors (Lipinski definition) is 1. The zero-order chi connectivity index (χ0) is 11.4. The molecule has 1 aliphatic heterocycles. The third kappa shape index (κ3) is 2.39. The highest BCUT2D eigenvalue weighted by Gasteiger charge is 2.19. The molecule has 0 bridgehead atoms. The standard InChI is InChI=1S/C12H16N2OS/c1-16-11-5-3-2-4-10(11)12(15)14-8-6-13-7-9-14/h2-5,13H,6-9H2,1H3. The summed E-state index contributed by atoms with van der Waals surface area (Å²) in [4.78, 5) is 15.2. The Labute approximate surface area is 100 Å². The second-order valence-corrected chi connectivity index (χ2v) is 4.59. The van der Waals surface area contributed by atoms with E-state index in [0.717, 1.165) is 36.6 Å². The van der Waals surface area contributed by atoms with Crippen LogP contribution < -0.4 is 5.32 Å². The second kappa shape index (κ2) is 5.37. The van der Waals surface area contributed by atoms with Gasteiger partial charge in [0.15, 0.2) is 0 Å². The predicted octanol–water partition coefficient (Wildman–Crippen LogP) is 1.45. The van der Waals surface area contributed by atoms with Gasteiger partial charge in [-0.25, -0.2) is 0 Å². The molecule has 1 N–H and O–H groups in total. The lowest BCUT2D eigenvalue weighted by molar-refractivity contribution is 0.0732. The van der Waals surface area contributed by atoms with E-state index in [-0.39, 0.29) is 5.91 Å². The average Bonchev–Trinajstić information content (AvgIpc) is 2.39. The average molecular weight is 236 g/mol. The molecule has 1 heterocycles. The van der Waals surface area contributed by atoms with Crippen molar-refractivity contribution in [2.24, 2.45) is 0 Å². The number of amides is 1. The molecule has 3 nitrogen and oxygen atoms in total. The van der Waals surface area contributed by atoms with E-state index in [2.05, 4.69) is 5.32 Å². The molecule has 0 radical (unpaired) electrons. The molecule has 86 valence electrons. The lowest BCUT2D eigenvalue weighted by Gasteiger charge is -2.28. The Kier molecular flexibility index (Phi) is 3.85. The monoisotopic (exact) mass is 236 g/mol. The van der Waals surface area contributed by atoms with Crippen LogP contribution >= 0.6 is 11.8 Å². The highest BCUT2D eigenvalue weighted by molar-refractivity contribution is 7.98. The first-order valence-electron chi connectivity index (χ1n) is 5.46. The van der Waals surface area contributed by atoms with Crippen LogP contribution in [-0.4, -0.2) is 43.2 Å². The maximum atomic E-state index is 12.3. The molecule has 0 aromatic heterocycles. The molecule has 1 saturated heterocycles. The number of nitrogens with one attached hydrogen (secondary N) is 1. The zero-order valence-electron chi connectivity index (χ0n) is 9.40. The molecule has 0 spiro atoms. The highest BCUT2D eigenvalue weighted by Crippen LogP contribution is 2.21. The van der Waals surface area contributed by atoms with Crippen molar-refractivity contribution in [2.75, 3.05) is 32.4 Å². The van der Waals surface area contributed by atoms with Gasteiger partial charge in [0.05, 0.1) is 5.56 Å². The molecule has 1 aromatic rings. The lowest BCUT2D eigenvalue weighted by atomic mass is 10.2. The van der Waals surface area contributed by atoms with E-state index in [1.54, 1.807) is 11.8 Å². The molecule has 16 heavy (non-hydrogen) atoms. The summed E-state index contributed by atoms with van der Waals surface area (Å²) >= 11 is 1.62. The first-order valence-corrected chi connectivity index (χ1v) is 6.68. The Bertz CT molecular complexity index is 375. The zero-order valence-corrected chi connectivity index (χ0v) is 10.2. The SMILES string of the molecule is CSc1ccccc1C(=O)N1CCNCC1. The van der Waals surface area contributed by atoms with Crippen LogP contribution in [0.15, 0.2) is 29.2 Å². The van der Waals surface area contributed by atoms with Crippen molar-refractivity contribution >= 4 is 17.7 Å². The molecule has 0 aliphatic carbocycles. The van der Waals surface area contributed by atoms with Crippen molar-refractivity contribution < 1.29 is 4.79 Å². The van der Waals surface area contributed by atoms with E-state index in [0.29, 0.717) is 0 Å². The minimum atomic E-state index is 0.159. The van der Waals surface area contributed by atoms with Gasteiger partial charge in [0.2, 0.25) is 0 Å². The molecule has 4 heteroatoms. The summed E-state index contributed by atoms with van der Waals surface area (Å²) in [6.07, 6.45) is 2.00. The fraction of sp³-hybridized carbons (Fsp3) is 0.417. The third-order valence-corrected chi connectivity index (χ3v) is 3.54. The van der Waals surface area contributed by atoms with Gasteiger partial charge in [-0.3, -0.25) is 4.79 Å². The third-order valence-electron chi connectivity index (χ3n) is 2.74. The number of rotatable bonds is 2. The molecule has 1 amide bonds. The normalized spacial score (nSPS) is 16.2. The number of piperazine rings is 1. The summed E-state index contributed by atoms with van der Waals surface area (Å²) in [7, 11) is 0. The Hall–Kier alpha value is -1.00. The number of hydrogen-bond acceptors (Lipinski definition) is 3. The van der Waals surface area contributed by atoms with Crippen LogP contribution in [0.5, 0.6) is 0 Å². The maximum Gasteiger partial charge on any atom is 0.255 e. The van der Waals surface area contributed by atoms with Crippen molar-refractivity contribution in [3.63, 3.8) is 0 Å². The number of carbonyl (C=O) groups is 1. The summed E-state index contributed by atoms with van der Waals surface area (Å²) in [5, 5.41) is 3.25. The molecule has 0 atom stereocenters. The molecule has 0 unspecified atom stereocenters. The smallest absolute Gasteiger partial charge is 0.255 e. The van der Waals surface area contributed by atoms with Gasteiger partial charge in [-0.2, -0.15) is 0 Å². The Morgan fingerprint density at radius 2 is 2.00 bits per heavy atom. The number of nitrogens with zero attached hydrogens (tertiary/aromatic N) is 1. The van der Waals surface area contributed by atoms with Gasteiger partial charge in [0.25, 0.3) is 5.91 Å². The minimum Gasteiger partial charge on any atom is -0.336 e. The minimum absolute atomic E-state index is 0.159. The van der Waals surface area contributed by atoms with Gasteiger partial charge in [0.1, 0.15) is 0 Å². The van der Waals surface area contributed by atoms with Crippen molar-refractivity contribution in [1.82, 2.24) is 10.2 Å². The van der Waals surface area contributed by atoms with E-state index >= 15 is 0 Å². The van der Waals surface area contributed by atoms with Crippen LogP contribution in [0.2, 0.25) is 0 Å². The maximum absolute atomic E-state index is 12.3. The van der Waals surface area contributed by atoms with E-state index in [4.69, 9.17) is 0 Å². The summed E-state index contributed by atoms with van der Waals surface area (Å²) in [6, 6.07) is 7.81. The predicted molar refractivity (Wildman–Crippen MR) is 67.0 cm³/mol. The summed E-state index contributed by atoms with van der Waals surface area (Å²) in [6.45, 7) is 3.41. The van der Waals surface area contributed by atoms with Crippen LogP contribution in [-0.2, 0) is 0 Å². The summed E-state index contributed by atoms with van der Waals surface area (Å²) in [5.41, 5.74) is 0.830. The molecule has 1 aromatic carbocycles. The van der Waals surface area contributed by atoms with Gasteiger partial charge in [-0.15, -0.1) is 11.8 Å². The fourth-order valence-corrected chi connectivity index (χ4v) is 2.45. The fourth-order valence-electron chi connectivity index (χ4n) is 1.86. The Balaban J connectivity index is 2.19. The number of benzene rings is 1. The molecular formula is C12H16N2OS. The topological polar surface area (TPSA) is 32.3 Å². The summed E-state index contributed by atoms with van der Waals surface area (Å²) in [5.74, 6) is 0.159. The van der Waals surface area contributed by atoms with E-state index < -0.39 is 0 Å². The summed E-state index contributed by atoms with van der Waals surface area (Å²) < 4.78 is 0. The van der Waals surface area contributed by atoms with Crippen LogP contribution in [0.1, 0.15) is 10.4 Å². The number of carbonyl (C=O) groups excluding carboxylic acids is 1. The van der Waals surface area contributed by atoms with Crippen molar-refractivity contribution in [3.05, 3.63) is 29.8 Å². The van der Waals surface area contributed by atoms with Crippen LogP contribution in [0.3, 0.4) is 0 Å². The van der Waals surface area contributed by atoms with E-state index in [1.165, 1.54) is 0 Å². The molecular weight excluding hydrogens is 220 g/mol. The van der Waals surface area contributed by atoms with Gasteiger partial charge < -0.3 is 10.2 Å². The Morgan fingerprint density at radius 1 is 1.31 bits per heavy atom. The first kappa shape index (κ1) is 11.5. The van der Waals surface area contributed by atoms with Crippen molar-refractivity contribution in [1.29, 1.82) is 0 Å². The van der Waals surface area contributed by atoms with Crippen LogP contribution in [0, 0.1) is 0 Å². The Morgan fingerprint density at radius 3 is 2.69 bits per heavy atom. The molecule has 1 fully saturated rings. The van der Waals surface area contributed by atoms with Gasteiger partial charge in [-0.05, 0) is 18.4 Å². The molecule has 0 saturated carbocycles. The van der Waals surface area contributed by atoms with Gasteiger partial charge in [0, 0.05) is 31.1 Å².